The second-order valence-corrected chi connectivity index (χ2v) is 5.37. The third kappa shape index (κ3) is 5.06. The van der Waals surface area contributed by atoms with E-state index in [2.05, 4.69) is 5.32 Å². The van der Waals surface area contributed by atoms with Gasteiger partial charge in [-0.2, -0.15) is 0 Å². The molecule has 0 aliphatic carbocycles. The lowest BCUT2D eigenvalue weighted by molar-refractivity contribution is -0.122. The van der Waals surface area contributed by atoms with Gasteiger partial charge in [-0.15, -0.1) is 0 Å². The molecule has 0 heterocycles. The number of benzene rings is 2. The molecule has 0 saturated heterocycles. The highest BCUT2D eigenvalue weighted by molar-refractivity contribution is 5.76. The van der Waals surface area contributed by atoms with Crippen molar-refractivity contribution < 1.29 is 18.3 Å². The van der Waals surface area contributed by atoms with Gasteiger partial charge < -0.3 is 10.1 Å². The Balaban J connectivity index is 1.82. The highest BCUT2D eigenvalue weighted by Gasteiger charge is 2.14. The highest BCUT2D eigenvalue weighted by Crippen LogP contribution is 2.18. The molecule has 2 rings (SSSR count). The van der Waals surface area contributed by atoms with E-state index < -0.39 is 17.7 Å². The van der Waals surface area contributed by atoms with Gasteiger partial charge in [0.2, 0.25) is 5.91 Å². The summed E-state index contributed by atoms with van der Waals surface area (Å²) < 4.78 is 32.0. The first kappa shape index (κ1) is 16.9. The molecule has 23 heavy (non-hydrogen) atoms. The van der Waals surface area contributed by atoms with Gasteiger partial charge in [0.1, 0.15) is 17.4 Å². The molecular formula is C18H19F2NO2. The predicted octanol–water partition coefficient (Wildman–Crippen LogP) is 3.92. The molecular weight excluding hydrogens is 300 g/mol. The SMILES string of the molecule is Cc1cccc(OCCC(=O)NC(C)c2ccc(F)cc2F)c1. The summed E-state index contributed by atoms with van der Waals surface area (Å²) in [5.74, 6) is -0.866. The number of nitrogens with one attached hydrogen (secondary N) is 1. The molecule has 122 valence electrons. The van der Waals surface area contributed by atoms with Gasteiger partial charge in [0.05, 0.1) is 19.1 Å². The van der Waals surface area contributed by atoms with E-state index >= 15 is 0 Å². The van der Waals surface area contributed by atoms with Crippen molar-refractivity contribution in [1.29, 1.82) is 0 Å². The summed E-state index contributed by atoms with van der Waals surface area (Å²) in [5, 5.41) is 2.67. The normalized spacial score (nSPS) is 11.8. The minimum absolute atomic E-state index is 0.154. The Morgan fingerprint density at radius 3 is 2.70 bits per heavy atom. The topological polar surface area (TPSA) is 38.3 Å². The van der Waals surface area contributed by atoms with Crippen LogP contribution in [0.3, 0.4) is 0 Å². The van der Waals surface area contributed by atoms with Crippen LogP contribution < -0.4 is 10.1 Å². The van der Waals surface area contributed by atoms with Crippen molar-refractivity contribution in [2.24, 2.45) is 0 Å². The van der Waals surface area contributed by atoms with Gasteiger partial charge in [-0.25, -0.2) is 8.78 Å². The number of ether oxygens (including phenoxy) is 1. The summed E-state index contributed by atoms with van der Waals surface area (Å²) in [5.41, 5.74) is 1.33. The monoisotopic (exact) mass is 319 g/mol. The molecule has 0 spiro atoms. The van der Waals surface area contributed by atoms with Gasteiger partial charge in [-0.1, -0.05) is 18.2 Å². The molecule has 1 atom stereocenters. The Morgan fingerprint density at radius 1 is 1.22 bits per heavy atom. The lowest BCUT2D eigenvalue weighted by Crippen LogP contribution is -2.28. The fourth-order valence-electron chi connectivity index (χ4n) is 2.21. The zero-order valence-corrected chi connectivity index (χ0v) is 13.1. The van der Waals surface area contributed by atoms with Crippen LogP contribution in [0.2, 0.25) is 0 Å². The Kier molecular flexibility index (Phi) is 5.68. The third-order valence-corrected chi connectivity index (χ3v) is 3.39. The number of carbonyl (C=O) groups is 1. The molecule has 1 N–H and O–H groups in total. The third-order valence-electron chi connectivity index (χ3n) is 3.39. The first-order chi connectivity index (χ1) is 11.0. The summed E-state index contributed by atoms with van der Waals surface area (Å²) in [6.45, 7) is 3.84. The lowest BCUT2D eigenvalue weighted by Gasteiger charge is -2.15. The van der Waals surface area contributed by atoms with Crippen LogP contribution in [0.25, 0.3) is 0 Å². The quantitative estimate of drug-likeness (QED) is 0.876. The van der Waals surface area contributed by atoms with Gasteiger partial charge in [-0.05, 0) is 37.6 Å². The van der Waals surface area contributed by atoms with Gasteiger partial charge in [0.25, 0.3) is 0 Å². The fourth-order valence-corrected chi connectivity index (χ4v) is 2.21. The van der Waals surface area contributed by atoms with E-state index in [9.17, 15) is 13.6 Å². The van der Waals surface area contributed by atoms with Crippen molar-refractivity contribution in [3.8, 4) is 5.75 Å². The van der Waals surface area contributed by atoms with Crippen molar-refractivity contribution in [3.63, 3.8) is 0 Å². The van der Waals surface area contributed by atoms with E-state index in [1.807, 2.05) is 31.2 Å². The van der Waals surface area contributed by atoms with E-state index in [-0.39, 0.29) is 24.5 Å². The van der Waals surface area contributed by atoms with Gasteiger partial charge in [0.15, 0.2) is 0 Å². The second kappa shape index (κ2) is 7.72. The van der Waals surface area contributed by atoms with Crippen LogP contribution >= 0.6 is 0 Å². The fraction of sp³-hybridized carbons (Fsp3) is 0.278. The predicted molar refractivity (Wildman–Crippen MR) is 84.2 cm³/mol. The Bertz CT molecular complexity index is 688. The zero-order chi connectivity index (χ0) is 16.8. The van der Waals surface area contributed by atoms with Gasteiger partial charge in [-0.3, -0.25) is 4.79 Å². The number of halogens is 2. The maximum atomic E-state index is 13.6. The van der Waals surface area contributed by atoms with Crippen molar-refractivity contribution in [2.75, 3.05) is 6.61 Å². The van der Waals surface area contributed by atoms with Crippen LogP contribution in [0.15, 0.2) is 42.5 Å². The molecule has 2 aromatic carbocycles. The number of amides is 1. The maximum Gasteiger partial charge on any atom is 0.223 e. The number of hydrogen-bond acceptors (Lipinski definition) is 2. The first-order valence-corrected chi connectivity index (χ1v) is 7.39. The van der Waals surface area contributed by atoms with Crippen LogP contribution in [0.4, 0.5) is 8.78 Å². The van der Waals surface area contributed by atoms with E-state index in [1.54, 1.807) is 6.92 Å². The molecule has 0 fully saturated rings. The molecule has 5 heteroatoms. The van der Waals surface area contributed by atoms with Crippen LogP contribution in [-0.4, -0.2) is 12.5 Å². The molecule has 0 radical (unpaired) electrons. The van der Waals surface area contributed by atoms with E-state index in [4.69, 9.17) is 4.74 Å². The van der Waals surface area contributed by atoms with E-state index in [1.165, 1.54) is 12.1 Å². The average Bonchev–Trinajstić information content (AvgIpc) is 2.47. The van der Waals surface area contributed by atoms with Crippen LogP contribution in [0.1, 0.15) is 30.5 Å². The Hall–Kier alpha value is -2.43. The number of aryl methyl sites for hydroxylation is 1. The molecule has 0 aliphatic heterocycles. The average molecular weight is 319 g/mol. The number of hydrogen-bond donors (Lipinski definition) is 1. The summed E-state index contributed by atoms with van der Waals surface area (Å²) in [6, 6.07) is 10.3. The molecule has 3 nitrogen and oxygen atoms in total. The molecule has 0 aliphatic rings. The number of carbonyl (C=O) groups excluding carboxylic acids is 1. The molecule has 1 unspecified atom stereocenters. The zero-order valence-electron chi connectivity index (χ0n) is 13.1. The second-order valence-electron chi connectivity index (χ2n) is 5.37. The lowest BCUT2D eigenvalue weighted by atomic mass is 10.1. The highest BCUT2D eigenvalue weighted by atomic mass is 19.1. The minimum Gasteiger partial charge on any atom is -0.493 e. The van der Waals surface area contributed by atoms with Crippen molar-refractivity contribution >= 4 is 5.91 Å². The molecule has 0 bridgehead atoms. The largest absolute Gasteiger partial charge is 0.493 e. The van der Waals surface area contributed by atoms with Crippen molar-refractivity contribution in [1.82, 2.24) is 5.32 Å². The Morgan fingerprint density at radius 2 is 2.00 bits per heavy atom. The van der Waals surface area contributed by atoms with Crippen molar-refractivity contribution in [3.05, 3.63) is 65.2 Å². The molecule has 1 amide bonds. The van der Waals surface area contributed by atoms with Crippen LogP contribution in [0.5, 0.6) is 5.75 Å². The molecule has 0 saturated carbocycles. The summed E-state index contributed by atoms with van der Waals surface area (Å²) in [4.78, 5) is 11.9. The number of rotatable bonds is 6. The van der Waals surface area contributed by atoms with Crippen LogP contribution in [0, 0.1) is 18.6 Å². The van der Waals surface area contributed by atoms with Crippen LogP contribution in [-0.2, 0) is 4.79 Å². The van der Waals surface area contributed by atoms with Gasteiger partial charge in [0, 0.05) is 11.6 Å². The minimum atomic E-state index is -0.672. The summed E-state index contributed by atoms with van der Waals surface area (Å²) in [7, 11) is 0. The summed E-state index contributed by atoms with van der Waals surface area (Å²) >= 11 is 0. The van der Waals surface area contributed by atoms with Gasteiger partial charge >= 0.3 is 0 Å². The van der Waals surface area contributed by atoms with Crippen molar-refractivity contribution in [2.45, 2.75) is 26.3 Å². The van der Waals surface area contributed by atoms with E-state index in [0.29, 0.717) is 5.75 Å². The standard InChI is InChI=1S/C18H19F2NO2/c1-12-4-3-5-15(10-12)23-9-8-18(22)21-13(2)16-7-6-14(19)11-17(16)20/h3-7,10-11,13H,8-9H2,1-2H3,(H,21,22). The Labute approximate surface area is 134 Å². The summed E-state index contributed by atoms with van der Waals surface area (Å²) in [6.07, 6.45) is 0.154. The smallest absolute Gasteiger partial charge is 0.223 e. The first-order valence-electron chi connectivity index (χ1n) is 7.39. The molecule has 2 aromatic rings. The molecule has 0 aromatic heterocycles. The maximum absolute atomic E-state index is 13.6. The van der Waals surface area contributed by atoms with E-state index in [0.717, 1.165) is 11.6 Å².